The maximum absolute atomic E-state index is 13.2. The average Bonchev–Trinajstić information content (AvgIpc) is 3.06. The first-order chi connectivity index (χ1) is 13.4. The summed E-state index contributed by atoms with van der Waals surface area (Å²) in [5.41, 5.74) is 3.17. The molecule has 2 aromatic heterocycles. The first-order valence-corrected chi connectivity index (χ1v) is 10.3. The number of fused-ring (bicyclic) bond motifs is 1. The van der Waals surface area contributed by atoms with Crippen molar-refractivity contribution in [3.05, 3.63) is 95.9 Å². The number of nitrogens with zero attached hydrogens (tertiary/aromatic N) is 2. The van der Waals surface area contributed by atoms with Crippen LogP contribution in [0.4, 0.5) is 0 Å². The number of rotatable bonds is 2. The van der Waals surface area contributed by atoms with Gasteiger partial charge in [0.1, 0.15) is 7.05 Å². The molecule has 0 aliphatic heterocycles. The van der Waals surface area contributed by atoms with Gasteiger partial charge in [0.2, 0.25) is 0 Å². The predicted molar refractivity (Wildman–Crippen MR) is 109 cm³/mol. The van der Waals surface area contributed by atoms with E-state index in [-0.39, 0.29) is 28.9 Å². The molecule has 0 radical (unpaired) electrons. The summed E-state index contributed by atoms with van der Waals surface area (Å²) in [6.07, 6.45) is 5.47. The van der Waals surface area contributed by atoms with Gasteiger partial charge in [-0.3, -0.25) is 0 Å². The standard InChI is InChI=1S/C23H19N2O2S.HI/c1-18-9-13-21(14-10-18)28(26,27)25-17-20(22-7-3-4-8-23(22)25)12-11-19-6-5-15-24(2)16-19;/h3-10,13-17H,1-2H3;1H/q+1;/p-1. The lowest BCUT2D eigenvalue weighted by atomic mass is 10.1. The molecule has 0 fully saturated rings. The Kier molecular flexibility index (Phi) is 6.10. The summed E-state index contributed by atoms with van der Waals surface area (Å²) in [7, 11) is -1.77. The van der Waals surface area contributed by atoms with Crippen LogP contribution in [0.3, 0.4) is 0 Å². The van der Waals surface area contributed by atoms with Crippen LogP contribution in [0.5, 0.6) is 0 Å². The van der Waals surface area contributed by atoms with Crippen molar-refractivity contribution in [2.75, 3.05) is 0 Å². The van der Waals surface area contributed by atoms with Crippen LogP contribution in [-0.4, -0.2) is 12.4 Å². The number of hydrogen-bond donors (Lipinski definition) is 0. The Morgan fingerprint density at radius 3 is 2.38 bits per heavy atom. The van der Waals surface area contributed by atoms with Crippen molar-refractivity contribution in [2.24, 2.45) is 7.05 Å². The van der Waals surface area contributed by atoms with Gasteiger partial charge in [-0.05, 0) is 31.2 Å². The summed E-state index contributed by atoms with van der Waals surface area (Å²) in [5.74, 6) is 6.26. The summed E-state index contributed by atoms with van der Waals surface area (Å²) in [5, 5.41) is 0.811. The van der Waals surface area contributed by atoms with Crippen molar-refractivity contribution in [1.29, 1.82) is 0 Å². The second-order valence-corrected chi connectivity index (χ2v) is 8.50. The second-order valence-electron chi connectivity index (χ2n) is 6.68. The van der Waals surface area contributed by atoms with Crippen LogP contribution in [0.2, 0.25) is 0 Å². The zero-order valence-corrected chi connectivity index (χ0v) is 19.0. The molecule has 0 saturated carbocycles. The SMILES string of the molecule is Cc1ccc(S(=O)(=O)n2cc(C#Cc3ccc[n+](C)c3)c3ccccc32)cc1.[I-]. The number of halogens is 1. The van der Waals surface area contributed by atoms with Crippen molar-refractivity contribution >= 4 is 20.9 Å². The van der Waals surface area contributed by atoms with Gasteiger partial charge in [0, 0.05) is 17.6 Å². The largest absolute Gasteiger partial charge is 1.00 e. The van der Waals surface area contributed by atoms with E-state index in [9.17, 15) is 8.42 Å². The van der Waals surface area contributed by atoms with Gasteiger partial charge in [0.25, 0.3) is 10.0 Å². The van der Waals surface area contributed by atoms with E-state index in [4.69, 9.17) is 0 Å². The highest BCUT2D eigenvalue weighted by Gasteiger charge is 2.20. The molecule has 2 heterocycles. The van der Waals surface area contributed by atoms with Gasteiger partial charge in [-0.2, -0.15) is 0 Å². The maximum atomic E-state index is 13.2. The van der Waals surface area contributed by atoms with Crippen LogP contribution >= 0.6 is 0 Å². The number of hydrogen-bond acceptors (Lipinski definition) is 2. The normalized spacial score (nSPS) is 10.8. The molecule has 0 aliphatic carbocycles. The van der Waals surface area contributed by atoms with Gasteiger partial charge >= 0.3 is 0 Å². The number of para-hydroxylation sites is 1. The minimum absolute atomic E-state index is 0. The summed E-state index contributed by atoms with van der Waals surface area (Å²) >= 11 is 0. The van der Waals surface area contributed by atoms with Gasteiger partial charge in [0.05, 0.1) is 21.5 Å². The van der Waals surface area contributed by atoms with Gasteiger partial charge in [-0.25, -0.2) is 17.0 Å². The quantitative estimate of drug-likeness (QED) is 0.221. The number of pyridine rings is 1. The average molecular weight is 514 g/mol. The third-order valence-electron chi connectivity index (χ3n) is 4.54. The van der Waals surface area contributed by atoms with Crippen molar-refractivity contribution in [2.45, 2.75) is 11.8 Å². The number of aromatic nitrogens is 2. The lowest BCUT2D eigenvalue weighted by Crippen LogP contribution is -3.00. The fraction of sp³-hybridized carbons (Fsp3) is 0.0870. The molecule has 0 unspecified atom stereocenters. The van der Waals surface area contributed by atoms with Crippen molar-refractivity contribution < 1.29 is 37.0 Å². The highest BCUT2D eigenvalue weighted by Crippen LogP contribution is 2.25. The number of benzene rings is 2. The molecule has 0 amide bonds. The van der Waals surface area contributed by atoms with Gasteiger partial charge in [-0.15, -0.1) is 0 Å². The van der Waals surface area contributed by atoms with Crippen LogP contribution in [0.15, 0.2) is 84.1 Å². The van der Waals surface area contributed by atoms with E-state index in [0.29, 0.717) is 11.1 Å². The van der Waals surface area contributed by atoms with E-state index >= 15 is 0 Å². The third-order valence-corrected chi connectivity index (χ3v) is 6.22. The predicted octanol–water partition coefficient (Wildman–Crippen LogP) is 0.415. The Balaban J connectivity index is 0.00000240. The van der Waals surface area contributed by atoms with Crippen LogP contribution in [0.1, 0.15) is 16.7 Å². The second kappa shape index (κ2) is 8.39. The van der Waals surface area contributed by atoms with E-state index in [1.165, 1.54) is 3.97 Å². The Hall–Kier alpha value is -2.63. The molecule has 0 atom stereocenters. The van der Waals surface area contributed by atoms with E-state index in [2.05, 4.69) is 11.8 Å². The molecule has 6 heteroatoms. The minimum atomic E-state index is -3.71. The summed E-state index contributed by atoms with van der Waals surface area (Å²) < 4.78 is 29.7. The lowest BCUT2D eigenvalue weighted by molar-refractivity contribution is -0.671. The Bertz CT molecular complexity index is 1350. The highest BCUT2D eigenvalue weighted by molar-refractivity contribution is 7.90. The fourth-order valence-electron chi connectivity index (χ4n) is 3.07. The molecule has 4 aromatic rings. The molecule has 2 aromatic carbocycles. The first kappa shape index (κ1) is 21.1. The summed E-state index contributed by atoms with van der Waals surface area (Å²) in [6.45, 7) is 1.93. The van der Waals surface area contributed by atoms with Crippen LogP contribution in [0, 0.1) is 18.8 Å². The zero-order chi connectivity index (χ0) is 19.7. The Morgan fingerprint density at radius 2 is 1.66 bits per heavy atom. The minimum Gasteiger partial charge on any atom is -1.00 e. The third kappa shape index (κ3) is 4.21. The summed E-state index contributed by atoms with van der Waals surface area (Å²) in [6, 6.07) is 18.1. The molecule has 0 aliphatic rings. The molecule has 0 bridgehead atoms. The van der Waals surface area contributed by atoms with Gasteiger partial charge in [-0.1, -0.05) is 47.7 Å². The molecule has 29 heavy (non-hydrogen) atoms. The van der Waals surface area contributed by atoms with Crippen LogP contribution in [-0.2, 0) is 17.1 Å². The molecule has 0 saturated heterocycles. The Morgan fingerprint density at radius 1 is 0.931 bits per heavy atom. The number of aryl methyl sites for hydroxylation is 2. The molecule has 4 nitrogen and oxygen atoms in total. The smallest absolute Gasteiger partial charge is 0.268 e. The maximum Gasteiger partial charge on any atom is 0.268 e. The van der Waals surface area contributed by atoms with Crippen molar-refractivity contribution in [3.63, 3.8) is 0 Å². The van der Waals surface area contributed by atoms with E-state index in [1.54, 1.807) is 36.5 Å². The van der Waals surface area contributed by atoms with Crippen molar-refractivity contribution in [3.8, 4) is 11.8 Å². The topological polar surface area (TPSA) is 43.0 Å². The molecule has 146 valence electrons. The van der Waals surface area contributed by atoms with E-state index in [1.807, 2.05) is 61.3 Å². The summed E-state index contributed by atoms with van der Waals surface area (Å²) in [4.78, 5) is 0.258. The monoisotopic (exact) mass is 514 g/mol. The first-order valence-electron chi connectivity index (χ1n) is 8.85. The van der Waals surface area contributed by atoms with E-state index in [0.717, 1.165) is 16.5 Å². The zero-order valence-electron chi connectivity index (χ0n) is 16.0. The molecular formula is C23H19IN2O2S. The molecule has 0 N–H and O–H groups in total. The van der Waals surface area contributed by atoms with Crippen molar-refractivity contribution in [1.82, 2.24) is 3.97 Å². The molecule has 0 spiro atoms. The van der Waals surface area contributed by atoms with Gasteiger partial charge < -0.3 is 24.0 Å². The van der Waals surface area contributed by atoms with Crippen LogP contribution in [0.25, 0.3) is 10.9 Å². The van der Waals surface area contributed by atoms with E-state index < -0.39 is 10.0 Å². The van der Waals surface area contributed by atoms with Gasteiger partial charge in [0.15, 0.2) is 12.4 Å². The molecular weight excluding hydrogens is 495 g/mol. The highest BCUT2D eigenvalue weighted by atomic mass is 127. The molecule has 4 rings (SSSR count). The Labute approximate surface area is 187 Å². The lowest BCUT2D eigenvalue weighted by Gasteiger charge is -2.07. The van der Waals surface area contributed by atoms with Crippen LogP contribution < -0.4 is 28.5 Å². The fourth-order valence-corrected chi connectivity index (χ4v) is 4.44.